The number of rotatable bonds is 7. The van der Waals surface area contributed by atoms with Crippen LogP contribution in [-0.4, -0.2) is 52.5 Å². The summed E-state index contributed by atoms with van der Waals surface area (Å²) in [5.41, 5.74) is 2.14. The van der Waals surface area contributed by atoms with Gasteiger partial charge in [0.1, 0.15) is 0 Å². The predicted octanol–water partition coefficient (Wildman–Crippen LogP) is 4.10. The van der Waals surface area contributed by atoms with Gasteiger partial charge in [0.25, 0.3) is 5.91 Å². The van der Waals surface area contributed by atoms with Crippen LogP contribution in [-0.2, 0) is 9.59 Å². The Labute approximate surface area is 208 Å². The lowest BCUT2D eigenvalue weighted by molar-refractivity contribution is -0.132. The summed E-state index contributed by atoms with van der Waals surface area (Å²) in [5.74, 6) is 0.0956. The summed E-state index contributed by atoms with van der Waals surface area (Å²) in [7, 11) is 0. The van der Waals surface area contributed by atoms with Gasteiger partial charge >= 0.3 is 0 Å². The molecule has 0 spiro atoms. The number of fused-ring (bicyclic) bond motifs is 1. The molecule has 8 heteroatoms. The highest BCUT2D eigenvalue weighted by Gasteiger charge is 2.28. The first kappa shape index (κ1) is 23.4. The third kappa shape index (κ3) is 5.82. The molecule has 3 amide bonds. The first-order valence-corrected chi connectivity index (χ1v) is 13.0. The second-order valence-corrected chi connectivity index (χ2v) is 10.1. The van der Waals surface area contributed by atoms with Gasteiger partial charge in [0.05, 0.1) is 21.9 Å². The molecule has 1 aliphatic heterocycles. The highest BCUT2D eigenvalue weighted by Crippen LogP contribution is 2.27. The fourth-order valence-electron chi connectivity index (χ4n) is 4.29. The highest BCUT2D eigenvalue weighted by atomic mass is 32.2. The molecular weight excluding hydrogens is 460 g/mol. The standard InChI is InChI=1S/C27H28N4O3S/c32-25(31-14-12-18(13-15-31)26(33)28-19-6-2-1-3-7-19)17-35-24-16-22(27(34)29-20-10-11-20)21-8-4-5-9-23(21)30-24/h1-9,16,18,20H,10-15,17H2,(H,28,33)(H,29,34). The number of hydrogen-bond donors (Lipinski definition) is 2. The molecule has 3 aromatic rings. The van der Waals surface area contributed by atoms with Crippen LogP contribution in [0, 0.1) is 5.92 Å². The smallest absolute Gasteiger partial charge is 0.252 e. The van der Waals surface area contributed by atoms with Crippen molar-refractivity contribution >= 4 is 46.1 Å². The maximum Gasteiger partial charge on any atom is 0.252 e. The van der Waals surface area contributed by atoms with E-state index in [1.165, 1.54) is 11.8 Å². The number of carbonyl (C=O) groups excluding carboxylic acids is 3. The molecule has 7 nitrogen and oxygen atoms in total. The number of benzene rings is 2. The molecule has 0 radical (unpaired) electrons. The summed E-state index contributed by atoms with van der Waals surface area (Å²) in [5, 5.41) is 7.49. The van der Waals surface area contributed by atoms with E-state index in [4.69, 9.17) is 0 Å². The Bertz CT molecular complexity index is 1240. The molecule has 2 aromatic carbocycles. The predicted molar refractivity (Wildman–Crippen MR) is 137 cm³/mol. The van der Waals surface area contributed by atoms with E-state index >= 15 is 0 Å². The molecule has 2 aliphatic rings. The number of likely N-dealkylation sites (tertiary alicyclic amines) is 1. The molecule has 0 unspecified atom stereocenters. The molecule has 2 N–H and O–H groups in total. The normalized spacial score (nSPS) is 16.2. The number of piperidine rings is 1. The Morgan fingerprint density at radius 2 is 1.66 bits per heavy atom. The molecule has 2 heterocycles. The van der Waals surface area contributed by atoms with E-state index in [0.717, 1.165) is 29.4 Å². The molecule has 0 bridgehead atoms. The second kappa shape index (κ2) is 10.5. The van der Waals surface area contributed by atoms with Crippen molar-refractivity contribution in [2.75, 3.05) is 24.2 Å². The maximum absolute atomic E-state index is 12.9. The van der Waals surface area contributed by atoms with Crippen molar-refractivity contribution in [2.45, 2.75) is 36.8 Å². The first-order chi connectivity index (χ1) is 17.1. The van der Waals surface area contributed by atoms with E-state index in [9.17, 15) is 14.4 Å². The van der Waals surface area contributed by atoms with Gasteiger partial charge in [0.2, 0.25) is 11.8 Å². The van der Waals surface area contributed by atoms with Crippen LogP contribution < -0.4 is 10.6 Å². The number of thioether (sulfide) groups is 1. The van der Waals surface area contributed by atoms with E-state index in [2.05, 4.69) is 15.6 Å². The van der Waals surface area contributed by atoms with Crippen LogP contribution in [0.4, 0.5) is 5.69 Å². The average Bonchev–Trinajstić information content (AvgIpc) is 3.71. The molecule has 1 aliphatic carbocycles. The van der Waals surface area contributed by atoms with E-state index in [1.54, 1.807) is 6.07 Å². The van der Waals surface area contributed by atoms with Gasteiger partial charge in [-0.15, -0.1) is 0 Å². The van der Waals surface area contributed by atoms with Crippen LogP contribution in [0.3, 0.4) is 0 Å². The maximum atomic E-state index is 12.9. The van der Waals surface area contributed by atoms with Crippen molar-refractivity contribution < 1.29 is 14.4 Å². The average molecular weight is 489 g/mol. The summed E-state index contributed by atoms with van der Waals surface area (Å²) in [6, 6.07) is 19.1. The number of carbonyl (C=O) groups is 3. The minimum atomic E-state index is -0.0957. The molecule has 1 saturated carbocycles. The monoisotopic (exact) mass is 488 g/mol. The van der Waals surface area contributed by atoms with Gasteiger partial charge in [-0.2, -0.15) is 0 Å². The van der Waals surface area contributed by atoms with Gasteiger partial charge < -0.3 is 15.5 Å². The van der Waals surface area contributed by atoms with Crippen molar-refractivity contribution in [3.8, 4) is 0 Å². The van der Waals surface area contributed by atoms with Crippen molar-refractivity contribution in [1.29, 1.82) is 0 Å². The zero-order valence-corrected chi connectivity index (χ0v) is 20.2. The largest absolute Gasteiger partial charge is 0.349 e. The van der Waals surface area contributed by atoms with Crippen LogP contribution >= 0.6 is 11.8 Å². The molecule has 0 atom stereocenters. The first-order valence-electron chi connectivity index (χ1n) is 12.0. The number of nitrogens with one attached hydrogen (secondary N) is 2. The van der Waals surface area contributed by atoms with Crippen molar-refractivity contribution in [2.24, 2.45) is 5.92 Å². The number of hydrogen-bond acceptors (Lipinski definition) is 5. The minimum absolute atomic E-state index is 0.00930. The summed E-state index contributed by atoms with van der Waals surface area (Å²) < 4.78 is 0. The molecular formula is C27H28N4O3S. The Balaban J connectivity index is 1.17. The van der Waals surface area contributed by atoms with E-state index in [0.29, 0.717) is 36.5 Å². The summed E-state index contributed by atoms with van der Waals surface area (Å²) >= 11 is 1.35. The Kier molecular flexibility index (Phi) is 6.99. The summed E-state index contributed by atoms with van der Waals surface area (Å²) in [6.07, 6.45) is 3.34. The Morgan fingerprint density at radius 1 is 0.943 bits per heavy atom. The lowest BCUT2D eigenvalue weighted by atomic mass is 9.96. The second-order valence-electron chi connectivity index (χ2n) is 9.07. The number of nitrogens with zero attached hydrogens (tertiary/aromatic N) is 2. The quantitative estimate of drug-likeness (QED) is 0.489. The van der Waals surface area contributed by atoms with Crippen LogP contribution in [0.15, 0.2) is 65.7 Å². The van der Waals surface area contributed by atoms with Gasteiger partial charge in [-0.05, 0) is 49.9 Å². The zero-order valence-electron chi connectivity index (χ0n) is 19.4. The number of amides is 3. The van der Waals surface area contributed by atoms with Gasteiger partial charge in [0.15, 0.2) is 0 Å². The lowest BCUT2D eigenvalue weighted by Crippen LogP contribution is -2.42. The fourth-order valence-corrected chi connectivity index (χ4v) is 5.11. The Hall–Kier alpha value is -3.39. The van der Waals surface area contributed by atoms with Gasteiger partial charge in [-0.25, -0.2) is 4.98 Å². The van der Waals surface area contributed by atoms with Gasteiger partial charge in [0, 0.05) is 36.1 Å². The van der Waals surface area contributed by atoms with E-state index in [-0.39, 0.29) is 35.4 Å². The summed E-state index contributed by atoms with van der Waals surface area (Å²) in [4.78, 5) is 44.7. The third-order valence-corrected chi connectivity index (χ3v) is 7.35. The summed E-state index contributed by atoms with van der Waals surface area (Å²) in [6.45, 7) is 1.12. The van der Waals surface area contributed by atoms with Crippen molar-refractivity contribution in [3.05, 3.63) is 66.2 Å². The third-order valence-electron chi connectivity index (χ3n) is 6.45. The van der Waals surface area contributed by atoms with Crippen LogP contribution in [0.2, 0.25) is 0 Å². The van der Waals surface area contributed by atoms with Crippen molar-refractivity contribution in [3.63, 3.8) is 0 Å². The molecule has 1 aromatic heterocycles. The van der Waals surface area contributed by atoms with Crippen molar-refractivity contribution in [1.82, 2.24) is 15.2 Å². The number of anilines is 1. The molecule has 5 rings (SSSR count). The molecule has 2 fully saturated rings. The minimum Gasteiger partial charge on any atom is -0.349 e. The molecule has 1 saturated heterocycles. The van der Waals surface area contributed by atoms with Gasteiger partial charge in [-0.3, -0.25) is 14.4 Å². The lowest BCUT2D eigenvalue weighted by Gasteiger charge is -2.31. The van der Waals surface area contributed by atoms with Crippen LogP contribution in [0.25, 0.3) is 10.9 Å². The highest BCUT2D eigenvalue weighted by molar-refractivity contribution is 7.99. The van der Waals surface area contributed by atoms with E-state index < -0.39 is 0 Å². The Morgan fingerprint density at radius 3 is 2.40 bits per heavy atom. The molecule has 35 heavy (non-hydrogen) atoms. The zero-order chi connectivity index (χ0) is 24.2. The van der Waals surface area contributed by atoms with Crippen LogP contribution in [0.1, 0.15) is 36.0 Å². The van der Waals surface area contributed by atoms with Gasteiger partial charge in [-0.1, -0.05) is 48.2 Å². The fraction of sp³-hybridized carbons (Fsp3) is 0.333. The molecule has 180 valence electrons. The SMILES string of the molecule is O=C(NC1CC1)c1cc(SCC(=O)N2CCC(C(=O)Nc3ccccc3)CC2)nc2ccccc12. The number of pyridine rings is 1. The van der Waals surface area contributed by atoms with E-state index in [1.807, 2.05) is 59.5 Å². The number of para-hydroxylation sites is 2. The van der Waals surface area contributed by atoms with Crippen LogP contribution in [0.5, 0.6) is 0 Å². The topological polar surface area (TPSA) is 91.4 Å². The number of aromatic nitrogens is 1.